The summed E-state index contributed by atoms with van der Waals surface area (Å²) in [5.41, 5.74) is 3.29. The van der Waals surface area contributed by atoms with E-state index in [0.717, 1.165) is 0 Å². The van der Waals surface area contributed by atoms with Gasteiger partial charge in [-0.05, 0) is 35.9 Å². The molecule has 0 spiro atoms. The van der Waals surface area contributed by atoms with Crippen LogP contribution in [0.1, 0.15) is 15.9 Å². The van der Waals surface area contributed by atoms with Crippen LogP contribution in [-0.4, -0.2) is 31.4 Å². The highest BCUT2D eigenvalue weighted by Crippen LogP contribution is 2.35. The van der Waals surface area contributed by atoms with Gasteiger partial charge >= 0.3 is 0 Å². The number of methoxy groups -OCH3 is 2. The van der Waals surface area contributed by atoms with Crippen LogP contribution in [0.2, 0.25) is 5.02 Å². The molecule has 7 heteroatoms. The molecule has 0 aliphatic heterocycles. The summed E-state index contributed by atoms with van der Waals surface area (Å²) in [7, 11) is 2.99. The Labute approximate surface area is 138 Å². The summed E-state index contributed by atoms with van der Waals surface area (Å²) in [6.07, 6.45) is 1.43. The normalized spacial score (nSPS) is 10.6. The standard InChI is InChI=1S/C16H15ClN2O4/c1-22-14-7-10(6-13(17)15(14)23-2)9-18-19-16(21)11-4-3-5-12(20)8-11/h3-9,20H,1-2H3,(H,19,21)/b18-9-. The van der Waals surface area contributed by atoms with Crippen LogP contribution in [0.15, 0.2) is 41.5 Å². The summed E-state index contributed by atoms with van der Waals surface area (Å²) in [6, 6.07) is 9.27. The van der Waals surface area contributed by atoms with Crippen LogP contribution >= 0.6 is 11.6 Å². The number of aromatic hydroxyl groups is 1. The Hall–Kier alpha value is -2.73. The molecule has 0 atom stereocenters. The topological polar surface area (TPSA) is 80.2 Å². The van der Waals surface area contributed by atoms with Gasteiger partial charge in [0.15, 0.2) is 11.5 Å². The van der Waals surface area contributed by atoms with Crippen LogP contribution in [0.5, 0.6) is 17.2 Å². The summed E-state index contributed by atoms with van der Waals surface area (Å²) < 4.78 is 10.3. The molecule has 0 radical (unpaired) electrons. The number of rotatable bonds is 5. The molecule has 0 aromatic heterocycles. The first-order chi connectivity index (χ1) is 11.0. The predicted molar refractivity (Wildman–Crippen MR) is 87.7 cm³/mol. The van der Waals surface area contributed by atoms with Crippen molar-refractivity contribution in [3.8, 4) is 17.2 Å². The Bertz CT molecular complexity index is 747. The Balaban J connectivity index is 2.11. The van der Waals surface area contributed by atoms with Crippen molar-refractivity contribution in [2.24, 2.45) is 5.10 Å². The maximum Gasteiger partial charge on any atom is 0.271 e. The van der Waals surface area contributed by atoms with Crippen molar-refractivity contribution >= 4 is 23.7 Å². The number of hydrogen-bond acceptors (Lipinski definition) is 5. The highest BCUT2D eigenvalue weighted by Gasteiger charge is 2.10. The fourth-order valence-corrected chi connectivity index (χ4v) is 2.19. The fourth-order valence-electron chi connectivity index (χ4n) is 1.89. The van der Waals surface area contributed by atoms with Gasteiger partial charge in [-0.25, -0.2) is 5.43 Å². The third-order valence-corrected chi connectivity index (χ3v) is 3.22. The first kappa shape index (κ1) is 16.6. The Morgan fingerprint density at radius 2 is 2.04 bits per heavy atom. The zero-order valence-corrected chi connectivity index (χ0v) is 13.3. The van der Waals surface area contributed by atoms with E-state index in [-0.39, 0.29) is 5.75 Å². The molecule has 0 unspecified atom stereocenters. The molecule has 0 saturated heterocycles. The zero-order chi connectivity index (χ0) is 16.8. The number of carbonyl (C=O) groups is 1. The van der Waals surface area contributed by atoms with Crippen molar-refractivity contribution in [1.29, 1.82) is 0 Å². The minimum absolute atomic E-state index is 0.00769. The molecule has 2 N–H and O–H groups in total. The molecule has 0 aliphatic rings. The van der Waals surface area contributed by atoms with E-state index in [0.29, 0.717) is 27.6 Å². The minimum Gasteiger partial charge on any atom is -0.508 e. The van der Waals surface area contributed by atoms with Gasteiger partial charge in [0.05, 0.1) is 25.5 Å². The molecular weight excluding hydrogens is 320 g/mol. The lowest BCUT2D eigenvalue weighted by atomic mass is 10.2. The highest BCUT2D eigenvalue weighted by molar-refractivity contribution is 6.32. The molecule has 2 rings (SSSR count). The van der Waals surface area contributed by atoms with E-state index < -0.39 is 5.91 Å². The summed E-state index contributed by atoms with van der Waals surface area (Å²) >= 11 is 6.09. The molecule has 0 aliphatic carbocycles. The number of hydrazone groups is 1. The highest BCUT2D eigenvalue weighted by atomic mass is 35.5. The van der Waals surface area contributed by atoms with Crippen LogP contribution in [0.25, 0.3) is 0 Å². The molecular formula is C16H15ClN2O4. The number of amides is 1. The van der Waals surface area contributed by atoms with Crippen molar-refractivity contribution in [3.63, 3.8) is 0 Å². The number of hydrogen-bond donors (Lipinski definition) is 2. The van der Waals surface area contributed by atoms with Gasteiger partial charge in [-0.3, -0.25) is 4.79 Å². The van der Waals surface area contributed by atoms with E-state index in [9.17, 15) is 9.90 Å². The van der Waals surface area contributed by atoms with Crippen molar-refractivity contribution in [1.82, 2.24) is 5.43 Å². The van der Waals surface area contributed by atoms with E-state index in [2.05, 4.69) is 10.5 Å². The Morgan fingerprint density at radius 1 is 1.26 bits per heavy atom. The third-order valence-electron chi connectivity index (χ3n) is 2.94. The smallest absolute Gasteiger partial charge is 0.271 e. The van der Waals surface area contributed by atoms with Gasteiger partial charge in [0, 0.05) is 5.56 Å². The predicted octanol–water partition coefficient (Wildman–Crippen LogP) is 2.83. The van der Waals surface area contributed by atoms with Crippen LogP contribution < -0.4 is 14.9 Å². The lowest BCUT2D eigenvalue weighted by Crippen LogP contribution is -2.17. The van der Waals surface area contributed by atoms with Crippen LogP contribution in [-0.2, 0) is 0 Å². The van der Waals surface area contributed by atoms with Crippen molar-refractivity contribution in [2.75, 3.05) is 14.2 Å². The molecule has 1 amide bonds. The third kappa shape index (κ3) is 4.14. The summed E-state index contributed by atoms with van der Waals surface area (Å²) in [4.78, 5) is 11.9. The largest absolute Gasteiger partial charge is 0.508 e. The minimum atomic E-state index is -0.441. The lowest BCUT2D eigenvalue weighted by Gasteiger charge is -2.09. The van der Waals surface area contributed by atoms with E-state index in [1.165, 1.54) is 32.6 Å². The molecule has 0 fully saturated rings. The fraction of sp³-hybridized carbons (Fsp3) is 0.125. The Morgan fingerprint density at radius 3 is 2.70 bits per heavy atom. The second-order valence-corrected chi connectivity index (χ2v) is 4.89. The van der Waals surface area contributed by atoms with E-state index in [1.54, 1.807) is 24.3 Å². The zero-order valence-electron chi connectivity index (χ0n) is 12.5. The van der Waals surface area contributed by atoms with Gasteiger partial charge in [-0.2, -0.15) is 5.10 Å². The van der Waals surface area contributed by atoms with Crippen molar-refractivity contribution in [3.05, 3.63) is 52.5 Å². The first-order valence-electron chi connectivity index (χ1n) is 6.59. The second kappa shape index (κ2) is 7.51. The molecule has 2 aromatic rings. The van der Waals surface area contributed by atoms with Gasteiger partial charge in [0.2, 0.25) is 0 Å². The molecule has 2 aromatic carbocycles. The number of benzene rings is 2. The van der Waals surface area contributed by atoms with Crippen molar-refractivity contribution in [2.45, 2.75) is 0 Å². The maximum atomic E-state index is 11.9. The molecule has 23 heavy (non-hydrogen) atoms. The van der Waals surface area contributed by atoms with Gasteiger partial charge in [0.1, 0.15) is 5.75 Å². The average molecular weight is 335 g/mol. The monoisotopic (exact) mass is 334 g/mol. The van der Waals surface area contributed by atoms with E-state index in [1.807, 2.05) is 0 Å². The number of nitrogens with one attached hydrogen (secondary N) is 1. The van der Waals surface area contributed by atoms with Crippen LogP contribution in [0, 0.1) is 0 Å². The lowest BCUT2D eigenvalue weighted by molar-refractivity contribution is 0.0954. The number of halogens is 1. The molecule has 0 saturated carbocycles. The maximum absolute atomic E-state index is 11.9. The molecule has 0 heterocycles. The van der Waals surface area contributed by atoms with Gasteiger partial charge in [0.25, 0.3) is 5.91 Å². The summed E-state index contributed by atoms with van der Waals surface area (Å²) in [6.45, 7) is 0. The summed E-state index contributed by atoms with van der Waals surface area (Å²) in [5, 5.41) is 13.6. The second-order valence-electron chi connectivity index (χ2n) is 4.49. The first-order valence-corrected chi connectivity index (χ1v) is 6.97. The Kier molecular flexibility index (Phi) is 5.43. The molecule has 0 bridgehead atoms. The number of ether oxygens (including phenoxy) is 2. The van der Waals surface area contributed by atoms with Gasteiger partial charge in [-0.15, -0.1) is 0 Å². The summed E-state index contributed by atoms with van der Waals surface area (Å²) in [5.74, 6) is 0.452. The van der Waals surface area contributed by atoms with E-state index >= 15 is 0 Å². The number of nitrogens with zero attached hydrogens (tertiary/aromatic N) is 1. The van der Waals surface area contributed by atoms with Crippen LogP contribution in [0.4, 0.5) is 0 Å². The number of phenols is 1. The SMILES string of the molecule is COc1cc(/C=N\NC(=O)c2cccc(O)c2)cc(Cl)c1OC. The molecule has 120 valence electrons. The average Bonchev–Trinajstić information content (AvgIpc) is 2.54. The number of phenolic OH excluding ortho intramolecular Hbond substituents is 1. The van der Waals surface area contributed by atoms with Gasteiger partial charge < -0.3 is 14.6 Å². The van der Waals surface area contributed by atoms with Crippen molar-refractivity contribution < 1.29 is 19.4 Å². The number of carbonyl (C=O) groups excluding carboxylic acids is 1. The van der Waals surface area contributed by atoms with Gasteiger partial charge in [-0.1, -0.05) is 17.7 Å². The van der Waals surface area contributed by atoms with Crippen LogP contribution in [0.3, 0.4) is 0 Å². The molecule has 6 nitrogen and oxygen atoms in total. The van der Waals surface area contributed by atoms with E-state index in [4.69, 9.17) is 21.1 Å². The quantitative estimate of drug-likeness (QED) is 0.651.